The molecule has 0 radical (unpaired) electrons. The molecule has 0 aliphatic rings. The third kappa shape index (κ3) is 1.22. The normalized spacial score (nSPS) is 10.3. The van der Waals surface area contributed by atoms with Gasteiger partial charge in [-0.1, -0.05) is 12.1 Å². The molecule has 13 heavy (non-hydrogen) atoms. The molecule has 0 aliphatic heterocycles. The molecule has 0 N–H and O–H groups in total. The van der Waals surface area contributed by atoms with E-state index in [1.54, 1.807) is 13.4 Å². The van der Waals surface area contributed by atoms with Crippen LogP contribution in [0.15, 0.2) is 24.5 Å². The van der Waals surface area contributed by atoms with E-state index >= 15 is 0 Å². The molecule has 0 aliphatic carbocycles. The fourth-order valence-electron chi connectivity index (χ4n) is 1.35. The second kappa shape index (κ2) is 3.01. The summed E-state index contributed by atoms with van der Waals surface area (Å²) in [5.74, 6) is 0.794. The quantitative estimate of drug-likeness (QED) is 0.662. The highest BCUT2D eigenvalue weighted by atomic mass is 16.5. The zero-order valence-corrected chi connectivity index (χ0v) is 7.61. The number of para-hydroxylation sites is 1. The molecule has 0 unspecified atom stereocenters. The fraction of sp³-hybridized carbons (Fsp3) is 0.200. The molecule has 2 rings (SSSR count). The second-order valence-electron chi connectivity index (χ2n) is 2.82. The lowest BCUT2D eigenvalue weighted by Crippen LogP contribution is -1.90. The van der Waals surface area contributed by atoms with Gasteiger partial charge in [0.05, 0.1) is 7.11 Å². The first-order valence-corrected chi connectivity index (χ1v) is 4.07. The van der Waals surface area contributed by atoms with E-state index in [2.05, 4.69) is 9.97 Å². The predicted octanol–water partition coefficient (Wildman–Crippen LogP) is 1.95. The third-order valence-electron chi connectivity index (χ3n) is 2.05. The summed E-state index contributed by atoms with van der Waals surface area (Å²) in [6, 6.07) is 5.83. The minimum Gasteiger partial charge on any atom is -0.494 e. The van der Waals surface area contributed by atoms with Crippen LogP contribution in [0.1, 0.15) is 5.69 Å². The number of methoxy groups -OCH3 is 1. The van der Waals surface area contributed by atoms with E-state index in [-0.39, 0.29) is 0 Å². The van der Waals surface area contributed by atoms with Gasteiger partial charge in [-0.2, -0.15) is 0 Å². The first-order chi connectivity index (χ1) is 6.33. The Kier molecular flexibility index (Phi) is 1.85. The van der Waals surface area contributed by atoms with Gasteiger partial charge in [0.15, 0.2) is 0 Å². The molecule has 0 fully saturated rings. The first-order valence-electron chi connectivity index (χ1n) is 4.07. The van der Waals surface area contributed by atoms with Crippen LogP contribution in [-0.4, -0.2) is 17.1 Å². The average Bonchev–Trinajstić information content (AvgIpc) is 2.18. The van der Waals surface area contributed by atoms with Crippen LogP contribution < -0.4 is 4.74 Å². The van der Waals surface area contributed by atoms with Gasteiger partial charge in [0, 0.05) is 11.1 Å². The van der Waals surface area contributed by atoms with Crippen LogP contribution >= 0.6 is 0 Å². The minimum atomic E-state index is 0.794. The maximum absolute atomic E-state index is 5.19. The monoisotopic (exact) mass is 174 g/mol. The van der Waals surface area contributed by atoms with Gasteiger partial charge in [-0.3, -0.25) is 0 Å². The Labute approximate surface area is 76.4 Å². The molecule has 1 aromatic carbocycles. The van der Waals surface area contributed by atoms with Crippen molar-refractivity contribution in [2.75, 3.05) is 7.11 Å². The molecule has 3 nitrogen and oxygen atoms in total. The SMILES string of the molecule is COc1cccc2c(C)ncnc12. The van der Waals surface area contributed by atoms with Gasteiger partial charge >= 0.3 is 0 Å². The number of rotatable bonds is 1. The van der Waals surface area contributed by atoms with Crippen LogP contribution in [0.25, 0.3) is 10.9 Å². The Bertz CT molecular complexity index is 440. The number of ether oxygens (including phenoxy) is 1. The molecule has 0 saturated heterocycles. The Morgan fingerprint density at radius 2 is 2.08 bits per heavy atom. The van der Waals surface area contributed by atoms with Crippen LogP contribution in [0.4, 0.5) is 0 Å². The number of fused-ring (bicyclic) bond motifs is 1. The van der Waals surface area contributed by atoms with Crippen LogP contribution in [0.2, 0.25) is 0 Å². The maximum Gasteiger partial charge on any atom is 0.145 e. The van der Waals surface area contributed by atoms with Gasteiger partial charge in [-0.15, -0.1) is 0 Å². The van der Waals surface area contributed by atoms with Crippen molar-refractivity contribution in [2.24, 2.45) is 0 Å². The van der Waals surface area contributed by atoms with E-state index < -0.39 is 0 Å². The van der Waals surface area contributed by atoms with E-state index in [1.165, 1.54) is 0 Å². The van der Waals surface area contributed by atoms with E-state index in [9.17, 15) is 0 Å². The Morgan fingerprint density at radius 3 is 2.85 bits per heavy atom. The van der Waals surface area contributed by atoms with Crippen molar-refractivity contribution in [1.82, 2.24) is 9.97 Å². The highest BCUT2D eigenvalue weighted by Crippen LogP contribution is 2.23. The van der Waals surface area contributed by atoms with Crippen LogP contribution in [0, 0.1) is 6.92 Å². The highest BCUT2D eigenvalue weighted by molar-refractivity contribution is 5.85. The largest absolute Gasteiger partial charge is 0.494 e. The number of hydrogen-bond donors (Lipinski definition) is 0. The van der Waals surface area contributed by atoms with Gasteiger partial charge in [0.2, 0.25) is 0 Å². The van der Waals surface area contributed by atoms with E-state index in [0.717, 1.165) is 22.3 Å². The molecule has 1 aromatic heterocycles. The number of hydrogen-bond acceptors (Lipinski definition) is 3. The van der Waals surface area contributed by atoms with E-state index in [1.807, 2.05) is 25.1 Å². The number of aromatic nitrogens is 2. The summed E-state index contributed by atoms with van der Waals surface area (Å²) in [7, 11) is 1.65. The second-order valence-corrected chi connectivity index (χ2v) is 2.82. The summed E-state index contributed by atoms with van der Waals surface area (Å²) in [5.41, 5.74) is 1.85. The molecule has 0 bridgehead atoms. The molecule has 3 heteroatoms. The fourth-order valence-corrected chi connectivity index (χ4v) is 1.35. The average molecular weight is 174 g/mol. The van der Waals surface area contributed by atoms with Crippen molar-refractivity contribution in [2.45, 2.75) is 6.92 Å². The highest BCUT2D eigenvalue weighted by Gasteiger charge is 2.03. The van der Waals surface area contributed by atoms with Gasteiger partial charge in [0.25, 0.3) is 0 Å². The smallest absolute Gasteiger partial charge is 0.145 e. The molecule has 1 heterocycles. The lowest BCUT2D eigenvalue weighted by molar-refractivity contribution is 0.419. The van der Waals surface area contributed by atoms with Crippen molar-refractivity contribution in [3.05, 3.63) is 30.2 Å². The summed E-state index contributed by atoms with van der Waals surface area (Å²) >= 11 is 0. The standard InChI is InChI=1S/C10H10N2O/c1-7-8-4-3-5-9(13-2)10(8)12-6-11-7/h3-6H,1-2H3. The van der Waals surface area contributed by atoms with Crippen molar-refractivity contribution >= 4 is 10.9 Å². The molecule has 2 aromatic rings. The summed E-state index contributed by atoms with van der Waals surface area (Å²) < 4.78 is 5.19. The van der Waals surface area contributed by atoms with Crippen LogP contribution in [0.5, 0.6) is 5.75 Å². The third-order valence-corrected chi connectivity index (χ3v) is 2.05. The van der Waals surface area contributed by atoms with Crippen molar-refractivity contribution in [3.63, 3.8) is 0 Å². The van der Waals surface area contributed by atoms with Crippen molar-refractivity contribution < 1.29 is 4.74 Å². The van der Waals surface area contributed by atoms with Gasteiger partial charge in [-0.25, -0.2) is 9.97 Å². The Balaban J connectivity index is 2.84. The van der Waals surface area contributed by atoms with Crippen LogP contribution in [-0.2, 0) is 0 Å². The molecular weight excluding hydrogens is 164 g/mol. The van der Waals surface area contributed by atoms with Gasteiger partial charge < -0.3 is 4.74 Å². The molecule has 0 saturated carbocycles. The number of benzene rings is 1. The Hall–Kier alpha value is -1.64. The van der Waals surface area contributed by atoms with Crippen molar-refractivity contribution in [1.29, 1.82) is 0 Å². The maximum atomic E-state index is 5.19. The van der Waals surface area contributed by atoms with E-state index in [0.29, 0.717) is 0 Å². The van der Waals surface area contributed by atoms with Crippen molar-refractivity contribution in [3.8, 4) is 5.75 Å². The van der Waals surface area contributed by atoms with Gasteiger partial charge in [0.1, 0.15) is 17.6 Å². The molecule has 66 valence electrons. The minimum absolute atomic E-state index is 0.794. The molecule has 0 amide bonds. The molecule has 0 atom stereocenters. The van der Waals surface area contributed by atoms with Gasteiger partial charge in [-0.05, 0) is 13.0 Å². The Morgan fingerprint density at radius 1 is 1.23 bits per heavy atom. The first kappa shape index (κ1) is 7.98. The summed E-state index contributed by atoms with van der Waals surface area (Å²) in [6.07, 6.45) is 1.56. The zero-order chi connectivity index (χ0) is 9.26. The number of nitrogens with zero attached hydrogens (tertiary/aromatic N) is 2. The lowest BCUT2D eigenvalue weighted by atomic mass is 10.2. The lowest BCUT2D eigenvalue weighted by Gasteiger charge is -2.04. The summed E-state index contributed by atoms with van der Waals surface area (Å²) in [6.45, 7) is 1.96. The molecular formula is C10H10N2O. The summed E-state index contributed by atoms with van der Waals surface area (Å²) in [5, 5.41) is 1.04. The predicted molar refractivity (Wildman–Crippen MR) is 50.8 cm³/mol. The van der Waals surface area contributed by atoms with Crippen LogP contribution in [0.3, 0.4) is 0 Å². The molecule has 0 spiro atoms. The topological polar surface area (TPSA) is 35.0 Å². The van der Waals surface area contributed by atoms with E-state index in [4.69, 9.17) is 4.74 Å². The zero-order valence-electron chi connectivity index (χ0n) is 7.61. The number of aryl methyl sites for hydroxylation is 1. The summed E-state index contributed by atoms with van der Waals surface area (Å²) in [4.78, 5) is 8.29.